The molecule has 2 aromatic rings. The number of fused-ring (bicyclic) bond motifs is 1. The van der Waals surface area contributed by atoms with E-state index in [1.807, 2.05) is 0 Å². The maximum Gasteiger partial charge on any atom is 0.389 e. The summed E-state index contributed by atoms with van der Waals surface area (Å²) >= 11 is 0. The second kappa shape index (κ2) is 12.5. The van der Waals surface area contributed by atoms with Gasteiger partial charge in [0.05, 0.1) is 18.0 Å². The number of alkyl halides is 6. The van der Waals surface area contributed by atoms with E-state index in [0.29, 0.717) is 22.4 Å². The van der Waals surface area contributed by atoms with E-state index in [2.05, 4.69) is 15.6 Å². The van der Waals surface area contributed by atoms with Crippen LogP contribution in [0.3, 0.4) is 0 Å². The van der Waals surface area contributed by atoms with Gasteiger partial charge in [-0.1, -0.05) is 42.5 Å². The van der Waals surface area contributed by atoms with Gasteiger partial charge in [0.2, 0.25) is 18.0 Å². The molecule has 3 unspecified atom stereocenters. The van der Waals surface area contributed by atoms with Crippen LogP contribution in [-0.4, -0.2) is 47.1 Å². The number of amides is 3. The Morgan fingerprint density at radius 3 is 2.08 bits per heavy atom. The Labute approximate surface area is 224 Å². The predicted molar refractivity (Wildman–Crippen MR) is 132 cm³/mol. The van der Waals surface area contributed by atoms with Gasteiger partial charge in [0.1, 0.15) is 0 Å². The van der Waals surface area contributed by atoms with Gasteiger partial charge in [-0.05, 0) is 24.5 Å². The van der Waals surface area contributed by atoms with E-state index < -0.39 is 73.8 Å². The van der Waals surface area contributed by atoms with Gasteiger partial charge in [-0.25, -0.2) is 4.99 Å². The molecule has 1 aliphatic rings. The number of nitrogens with one attached hydrogen (secondary N) is 2. The van der Waals surface area contributed by atoms with Crippen LogP contribution in [0.5, 0.6) is 0 Å². The highest BCUT2D eigenvalue weighted by Crippen LogP contribution is 2.33. The summed E-state index contributed by atoms with van der Waals surface area (Å²) in [5.74, 6) is -7.33. The molecule has 8 nitrogen and oxygen atoms in total. The highest BCUT2D eigenvalue weighted by molar-refractivity contribution is 6.19. The summed E-state index contributed by atoms with van der Waals surface area (Å²) in [6, 6.07) is 12.9. The smallest absolute Gasteiger partial charge is 0.389 e. The van der Waals surface area contributed by atoms with Crippen molar-refractivity contribution in [1.82, 2.24) is 5.32 Å². The second-order valence-corrected chi connectivity index (χ2v) is 9.20. The lowest BCUT2D eigenvalue weighted by molar-refractivity contribution is -0.152. The number of halogens is 6. The van der Waals surface area contributed by atoms with Crippen molar-refractivity contribution in [2.45, 2.75) is 50.8 Å². The first-order chi connectivity index (χ1) is 18.7. The first-order valence-corrected chi connectivity index (χ1v) is 12.1. The molecule has 0 saturated heterocycles. The first-order valence-electron chi connectivity index (χ1n) is 12.1. The zero-order chi connectivity index (χ0) is 29.7. The van der Waals surface area contributed by atoms with Crippen LogP contribution >= 0.6 is 0 Å². The van der Waals surface area contributed by atoms with Gasteiger partial charge in [-0.15, -0.1) is 0 Å². The van der Waals surface area contributed by atoms with Crippen LogP contribution in [0.15, 0.2) is 53.5 Å². The summed E-state index contributed by atoms with van der Waals surface area (Å²) in [7, 11) is 0. The third-order valence-corrected chi connectivity index (χ3v) is 6.30. The van der Waals surface area contributed by atoms with Crippen molar-refractivity contribution < 1.29 is 45.8 Å². The molecule has 40 heavy (non-hydrogen) atoms. The summed E-state index contributed by atoms with van der Waals surface area (Å²) in [6.45, 7) is -0.239. The molecule has 0 spiro atoms. The molecule has 1 heterocycles. The fourth-order valence-corrected chi connectivity index (χ4v) is 4.29. The number of nitrogens with zero attached hydrogens (tertiary/aromatic N) is 1. The monoisotopic (exact) mass is 572 g/mol. The number of para-hydroxylation sites is 1. The molecule has 216 valence electrons. The number of aliphatic hydroxyl groups is 1. The molecule has 1 aliphatic heterocycles. The average molecular weight is 573 g/mol. The lowest BCUT2D eigenvalue weighted by atomic mass is 9.83. The Kier molecular flexibility index (Phi) is 9.56. The number of nitrogens with two attached hydrogens (primary N) is 1. The van der Waals surface area contributed by atoms with Crippen molar-refractivity contribution in [2.24, 2.45) is 22.6 Å². The van der Waals surface area contributed by atoms with Crippen LogP contribution in [0.2, 0.25) is 0 Å². The zero-order valence-corrected chi connectivity index (χ0v) is 20.9. The van der Waals surface area contributed by atoms with Crippen molar-refractivity contribution in [3.8, 4) is 0 Å². The minimum atomic E-state index is -4.78. The lowest BCUT2D eigenvalue weighted by Gasteiger charge is -2.26. The number of rotatable bonds is 10. The lowest BCUT2D eigenvalue weighted by Crippen LogP contribution is -2.48. The van der Waals surface area contributed by atoms with Crippen molar-refractivity contribution in [1.29, 1.82) is 0 Å². The van der Waals surface area contributed by atoms with Crippen LogP contribution in [0.25, 0.3) is 0 Å². The van der Waals surface area contributed by atoms with Crippen molar-refractivity contribution in [3.63, 3.8) is 0 Å². The van der Waals surface area contributed by atoms with Gasteiger partial charge in [0.25, 0.3) is 5.91 Å². The molecule has 14 heteroatoms. The summed E-state index contributed by atoms with van der Waals surface area (Å²) in [6.07, 6.45) is -16.4. The highest BCUT2D eigenvalue weighted by Gasteiger charge is 2.40. The van der Waals surface area contributed by atoms with Crippen LogP contribution < -0.4 is 16.4 Å². The minimum absolute atomic E-state index is 0.208. The first kappa shape index (κ1) is 30.6. The van der Waals surface area contributed by atoms with E-state index in [1.54, 1.807) is 48.5 Å². The molecule has 0 bridgehead atoms. The van der Waals surface area contributed by atoms with Crippen LogP contribution in [0.4, 0.5) is 32.0 Å². The summed E-state index contributed by atoms with van der Waals surface area (Å²) in [4.78, 5) is 42.6. The Hall–Kier alpha value is -3.94. The van der Waals surface area contributed by atoms with Crippen molar-refractivity contribution in [2.75, 3.05) is 5.32 Å². The molecule has 0 saturated carbocycles. The standard InChI is InChI=1S/C26H26F6N4O4/c27-25(28,29)11-9-16(21(33)38)17(10-12-26(30,31)32)23(39)36-22-24(40)34-19-4-2-1-3-18(19)20(35-22)15-7-5-14(13-37)6-8-15/h1-8,16-17,22,37H,9-13H2,(H2,33,38)(H,34,40)(H,36,39). The minimum Gasteiger partial charge on any atom is -0.392 e. The number of hydrogen-bond donors (Lipinski definition) is 4. The maximum atomic E-state index is 13.2. The summed E-state index contributed by atoms with van der Waals surface area (Å²) in [5, 5.41) is 14.1. The second-order valence-electron chi connectivity index (χ2n) is 9.20. The number of aliphatic imine (C=N–C) groups is 1. The fourth-order valence-electron chi connectivity index (χ4n) is 4.29. The van der Waals surface area contributed by atoms with Gasteiger partial charge in [-0.3, -0.25) is 14.4 Å². The van der Waals surface area contributed by atoms with Crippen LogP contribution in [-0.2, 0) is 21.0 Å². The molecular formula is C26H26F6N4O4. The van der Waals surface area contributed by atoms with Gasteiger partial charge in [-0.2, -0.15) is 26.3 Å². The number of primary amides is 1. The fraction of sp³-hybridized carbons (Fsp3) is 0.385. The van der Waals surface area contributed by atoms with Gasteiger partial charge < -0.3 is 21.5 Å². The average Bonchev–Trinajstić information content (AvgIpc) is 3.00. The molecule has 0 aromatic heterocycles. The van der Waals surface area contributed by atoms with Crippen molar-refractivity contribution in [3.05, 3.63) is 65.2 Å². The van der Waals surface area contributed by atoms with E-state index in [9.17, 15) is 45.8 Å². The van der Waals surface area contributed by atoms with Crippen LogP contribution in [0.1, 0.15) is 42.4 Å². The predicted octanol–water partition coefficient (Wildman–Crippen LogP) is 3.81. The largest absolute Gasteiger partial charge is 0.392 e. The summed E-state index contributed by atoms with van der Waals surface area (Å²) < 4.78 is 77.6. The van der Waals surface area contributed by atoms with E-state index >= 15 is 0 Å². The number of aliphatic hydroxyl groups excluding tert-OH is 1. The Morgan fingerprint density at radius 2 is 1.52 bits per heavy atom. The van der Waals surface area contributed by atoms with Crippen molar-refractivity contribution >= 4 is 29.1 Å². The Balaban J connectivity index is 1.98. The molecule has 2 aromatic carbocycles. The number of carbonyl (C=O) groups excluding carboxylic acids is 3. The molecule has 3 atom stereocenters. The molecule has 5 N–H and O–H groups in total. The number of carbonyl (C=O) groups is 3. The molecule has 0 aliphatic carbocycles. The topological polar surface area (TPSA) is 134 Å². The van der Waals surface area contributed by atoms with Crippen LogP contribution in [0, 0.1) is 11.8 Å². The highest BCUT2D eigenvalue weighted by atomic mass is 19.4. The molecule has 0 radical (unpaired) electrons. The SMILES string of the molecule is NC(=O)C(CCC(F)(F)F)C(CCC(F)(F)F)C(=O)NC1N=C(c2ccc(CO)cc2)c2ccccc2NC1=O. The number of anilines is 1. The molecule has 3 amide bonds. The number of hydrogen-bond acceptors (Lipinski definition) is 5. The zero-order valence-electron chi connectivity index (χ0n) is 20.9. The maximum absolute atomic E-state index is 13.2. The van der Waals surface area contributed by atoms with E-state index in [0.717, 1.165) is 0 Å². The number of benzene rings is 2. The molecular weight excluding hydrogens is 546 g/mol. The summed E-state index contributed by atoms with van der Waals surface area (Å²) in [5.41, 5.74) is 7.22. The molecule has 0 fully saturated rings. The van der Waals surface area contributed by atoms with E-state index in [4.69, 9.17) is 5.73 Å². The Bertz CT molecular complexity index is 1260. The Morgan fingerprint density at radius 1 is 0.950 bits per heavy atom. The van der Waals surface area contributed by atoms with Gasteiger partial charge in [0, 0.05) is 35.8 Å². The van der Waals surface area contributed by atoms with E-state index in [1.165, 1.54) is 0 Å². The normalized spacial score (nSPS) is 17.1. The molecule has 3 rings (SSSR count). The van der Waals surface area contributed by atoms with Gasteiger partial charge in [0.15, 0.2) is 0 Å². The number of benzodiazepines with no additional fused rings is 1. The quantitative estimate of drug-likeness (QED) is 0.322. The third kappa shape index (κ3) is 8.28. The third-order valence-electron chi connectivity index (χ3n) is 6.30. The van der Waals surface area contributed by atoms with Gasteiger partial charge >= 0.3 is 12.4 Å². The van der Waals surface area contributed by atoms with E-state index in [-0.39, 0.29) is 12.3 Å².